The number of carbonyl (C=O) groups excluding carboxylic acids is 2. The Morgan fingerprint density at radius 2 is 1.33 bits per heavy atom. The molecule has 1 aliphatic heterocycles. The summed E-state index contributed by atoms with van der Waals surface area (Å²) in [4.78, 5) is 27.3. The van der Waals surface area contributed by atoms with Gasteiger partial charge in [-0.3, -0.25) is 14.5 Å². The summed E-state index contributed by atoms with van der Waals surface area (Å²) in [6, 6.07) is 24.1. The highest BCUT2D eigenvalue weighted by molar-refractivity contribution is 6.19. The molecule has 4 nitrogen and oxygen atoms in total. The number of aromatic hydroxyl groups is 1. The summed E-state index contributed by atoms with van der Waals surface area (Å²) in [5, 5.41) is 11.4. The van der Waals surface area contributed by atoms with Crippen LogP contribution < -0.4 is 0 Å². The van der Waals surface area contributed by atoms with E-state index in [0.29, 0.717) is 29.6 Å². The number of aryl methyl sites for hydroxylation is 1. The number of benzene rings is 3. The summed E-state index contributed by atoms with van der Waals surface area (Å²) in [6.45, 7) is 2.07. The average molecular weight is 438 g/mol. The second-order valence-electron chi connectivity index (χ2n) is 8.98. The SMILES string of the molecule is Cc1cc(CN2C(=O)C3=C(CCCC3)C2=O)c(O)c(C(c2ccccc2)c2ccccc2)c1. The Morgan fingerprint density at radius 1 is 0.818 bits per heavy atom. The molecule has 166 valence electrons. The maximum absolute atomic E-state index is 13.0. The molecule has 0 bridgehead atoms. The lowest BCUT2D eigenvalue weighted by Gasteiger charge is -2.23. The number of hydrogen-bond acceptors (Lipinski definition) is 3. The molecule has 0 fully saturated rings. The van der Waals surface area contributed by atoms with E-state index in [2.05, 4.69) is 24.3 Å². The molecule has 2 amide bonds. The minimum atomic E-state index is -0.195. The summed E-state index contributed by atoms with van der Waals surface area (Å²) in [5.41, 5.74) is 5.84. The Balaban J connectivity index is 1.56. The number of imide groups is 1. The minimum Gasteiger partial charge on any atom is -0.507 e. The van der Waals surface area contributed by atoms with Gasteiger partial charge in [0.25, 0.3) is 11.8 Å². The Bertz CT molecular complexity index is 1180. The first-order valence-electron chi connectivity index (χ1n) is 11.5. The lowest BCUT2D eigenvalue weighted by Crippen LogP contribution is -2.31. The molecule has 5 rings (SSSR count). The van der Waals surface area contributed by atoms with Crippen LogP contribution in [0.2, 0.25) is 0 Å². The van der Waals surface area contributed by atoms with Gasteiger partial charge in [-0.05, 0) is 43.7 Å². The molecule has 1 N–H and O–H groups in total. The number of amides is 2. The molecule has 33 heavy (non-hydrogen) atoms. The second-order valence-corrected chi connectivity index (χ2v) is 8.98. The summed E-state index contributed by atoms with van der Waals surface area (Å²) < 4.78 is 0. The van der Waals surface area contributed by atoms with Gasteiger partial charge in [-0.2, -0.15) is 0 Å². The van der Waals surface area contributed by atoms with Crippen molar-refractivity contribution in [3.63, 3.8) is 0 Å². The summed E-state index contributed by atoms with van der Waals surface area (Å²) in [6.07, 6.45) is 3.24. The van der Waals surface area contributed by atoms with Crippen LogP contribution in [0.5, 0.6) is 5.75 Å². The van der Waals surface area contributed by atoms with Gasteiger partial charge in [-0.25, -0.2) is 0 Å². The molecule has 0 aromatic heterocycles. The van der Waals surface area contributed by atoms with Gasteiger partial charge in [0.2, 0.25) is 0 Å². The summed E-state index contributed by atoms with van der Waals surface area (Å²) in [5.74, 6) is -0.411. The van der Waals surface area contributed by atoms with Gasteiger partial charge < -0.3 is 5.11 Å². The van der Waals surface area contributed by atoms with Gasteiger partial charge in [0.15, 0.2) is 0 Å². The number of phenolic OH excluding ortho intramolecular Hbond substituents is 1. The van der Waals surface area contributed by atoms with E-state index in [1.54, 1.807) is 0 Å². The monoisotopic (exact) mass is 437 g/mol. The van der Waals surface area contributed by atoms with Crippen molar-refractivity contribution in [2.45, 2.75) is 45.1 Å². The highest BCUT2D eigenvalue weighted by Gasteiger charge is 2.39. The number of hydrogen-bond donors (Lipinski definition) is 1. The topological polar surface area (TPSA) is 57.6 Å². The molecule has 2 aliphatic rings. The predicted octanol–water partition coefficient (Wildman–Crippen LogP) is 5.62. The number of carbonyl (C=O) groups is 2. The Kier molecular flexibility index (Phi) is 5.59. The molecule has 1 aliphatic carbocycles. The fourth-order valence-electron chi connectivity index (χ4n) is 5.18. The maximum Gasteiger partial charge on any atom is 0.257 e. The molecule has 0 spiro atoms. The molecule has 0 saturated carbocycles. The van der Waals surface area contributed by atoms with Crippen LogP contribution in [0.4, 0.5) is 0 Å². The Hall–Kier alpha value is -3.66. The molecule has 1 heterocycles. The van der Waals surface area contributed by atoms with Crippen LogP contribution in [-0.4, -0.2) is 21.8 Å². The fraction of sp³-hybridized carbons (Fsp3) is 0.241. The summed E-state index contributed by atoms with van der Waals surface area (Å²) >= 11 is 0. The van der Waals surface area contributed by atoms with Crippen molar-refractivity contribution >= 4 is 11.8 Å². The van der Waals surface area contributed by atoms with Crippen molar-refractivity contribution in [1.29, 1.82) is 0 Å². The van der Waals surface area contributed by atoms with Crippen LogP contribution in [0.3, 0.4) is 0 Å². The zero-order chi connectivity index (χ0) is 22.9. The van der Waals surface area contributed by atoms with Crippen molar-refractivity contribution in [2.75, 3.05) is 0 Å². The smallest absolute Gasteiger partial charge is 0.257 e. The Morgan fingerprint density at radius 3 is 1.85 bits per heavy atom. The molecule has 0 saturated heterocycles. The third-order valence-electron chi connectivity index (χ3n) is 6.74. The fourth-order valence-corrected chi connectivity index (χ4v) is 5.18. The Labute approximate surface area is 194 Å². The molecule has 0 radical (unpaired) electrons. The third kappa shape index (κ3) is 3.86. The summed E-state index contributed by atoms with van der Waals surface area (Å²) in [7, 11) is 0. The van der Waals surface area contributed by atoms with Crippen LogP contribution in [0, 0.1) is 6.92 Å². The van der Waals surface area contributed by atoms with E-state index in [0.717, 1.165) is 35.1 Å². The van der Waals surface area contributed by atoms with E-state index in [9.17, 15) is 14.7 Å². The van der Waals surface area contributed by atoms with Crippen LogP contribution in [0.25, 0.3) is 0 Å². The lowest BCUT2D eigenvalue weighted by molar-refractivity contribution is -0.138. The van der Waals surface area contributed by atoms with Crippen molar-refractivity contribution in [3.05, 3.63) is 112 Å². The van der Waals surface area contributed by atoms with E-state index < -0.39 is 0 Å². The van der Waals surface area contributed by atoms with E-state index in [-0.39, 0.29) is 30.0 Å². The highest BCUT2D eigenvalue weighted by atomic mass is 16.3. The van der Waals surface area contributed by atoms with Crippen LogP contribution in [0.1, 0.15) is 59.4 Å². The average Bonchev–Trinajstić information content (AvgIpc) is 3.08. The molecule has 4 heteroatoms. The predicted molar refractivity (Wildman–Crippen MR) is 128 cm³/mol. The van der Waals surface area contributed by atoms with Gasteiger partial charge >= 0.3 is 0 Å². The minimum absolute atomic E-state index is 0.0848. The number of nitrogens with zero attached hydrogens (tertiary/aromatic N) is 1. The number of phenols is 1. The second kappa shape index (κ2) is 8.70. The quantitative estimate of drug-likeness (QED) is 0.416. The van der Waals surface area contributed by atoms with Crippen molar-refractivity contribution in [3.8, 4) is 5.75 Å². The van der Waals surface area contributed by atoms with Gasteiger partial charge in [0.05, 0.1) is 6.54 Å². The molecule has 0 atom stereocenters. The highest BCUT2D eigenvalue weighted by Crippen LogP contribution is 2.40. The largest absolute Gasteiger partial charge is 0.507 e. The van der Waals surface area contributed by atoms with Crippen molar-refractivity contribution in [1.82, 2.24) is 4.90 Å². The first-order chi connectivity index (χ1) is 16.0. The van der Waals surface area contributed by atoms with Gasteiger partial charge in [0.1, 0.15) is 5.75 Å². The molecule has 3 aromatic carbocycles. The van der Waals surface area contributed by atoms with Gasteiger partial charge in [-0.1, -0.05) is 78.4 Å². The molecule has 3 aromatic rings. The van der Waals surface area contributed by atoms with E-state index in [4.69, 9.17) is 0 Å². The van der Waals surface area contributed by atoms with E-state index in [1.807, 2.05) is 55.5 Å². The molecule has 0 unspecified atom stereocenters. The first kappa shape index (κ1) is 21.2. The third-order valence-corrected chi connectivity index (χ3v) is 6.74. The molecular formula is C29H27NO3. The normalized spacial score (nSPS) is 16.0. The van der Waals surface area contributed by atoms with E-state index >= 15 is 0 Å². The van der Waals surface area contributed by atoms with Crippen LogP contribution in [0.15, 0.2) is 83.9 Å². The first-order valence-corrected chi connectivity index (χ1v) is 11.5. The zero-order valence-electron chi connectivity index (χ0n) is 18.8. The lowest BCUT2D eigenvalue weighted by atomic mass is 9.83. The van der Waals surface area contributed by atoms with E-state index in [1.165, 1.54) is 4.90 Å². The van der Waals surface area contributed by atoms with Gasteiger partial charge in [-0.15, -0.1) is 0 Å². The van der Waals surface area contributed by atoms with Gasteiger partial charge in [0, 0.05) is 28.2 Å². The van der Waals surface area contributed by atoms with Crippen LogP contribution >= 0.6 is 0 Å². The number of rotatable bonds is 5. The van der Waals surface area contributed by atoms with Crippen molar-refractivity contribution in [2.24, 2.45) is 0 Å². The molecular weight excluding hydrogens is 410 g/mol. The zero-order valence-corrected chi connectivity index (χ0v) is 18.8. The van der Waals surface area contributed by atoms with Crippen molar-refractivity contribution < 1.29 is 14.7 Å². The van der Waals surface area contributed by atoms with Crippen LogP contribution in [-0.2, 0) is 16.1 Å². The standard InChI is InChI=1S/C29H27NO3/c1-19-16-22(18-30-28(32)23-14-8-9-15-24(23)29(30)33)27(31)25(17-19)26(20-10-4-2-5-11-20)21-12-6-3-7-13-21/h2-7,10-13,16-17,26,31H,8-9,14-15,18H2,1H3. The maximum atomic E-state index is 13.0.